The van der Waals surface area contributed by atoms with E-state index in [1.807, 2.05) is 39.8 Å². The number of hydrogen-bond acceptors (Lipinski definition) is 4. The molecule has 3 nitrogen and oxygen atoms in total. The van der Waals surface area contributed by atoms with Crippen molar-refractivity contribution >= 4 is 27.4 Å². The third-order valence-corrected chi connectivity index (χ3v) is 5.12. The molecule has 0 N–H and O–H groups in total. The molecule has 1 heterocycles. The average Bonchev–Trinajstić information content (AvgIpc) is 2.90. The molecule has 4 heteroatoms. The van der Waals surface area contributed by atoms with E-state index in [-0.39, 0.29) is 11.9 Å². The van der Waals surface area contributed by atoms with Gasteiger partial charge in [0.15, 0.2) is 5.60 Å². The first kappa shape index (κ1) is 16.0. The van der Waals surface area contributed by atoms with Crippen molar-refractivity contribution in [1.82, 2.24) is 0 Å². The molecular formula is C17H22O3S. The number of ether oxygens (including phenoxy) is 2. The van der Waals surface area contributed by atoms with Gasteiger partial charge in [0.05, 0.1) is 6.61 Å². The van der Waals surface area contributed by atoms with E-state index in [1.54, 1.807) is 11.3 Å². The van der Waals surface area contributed by atoms with Crippen LogP contribution in [0.5, 0.6) is 0 Å². The van der Waals surface area contributed by atoms with Gasteiger partial charge in [-0.25, -0.2) is 4.79 Å². The Kier molecular flexibility index (Phi) is 5.01. The van der Waals surface area contributed by atoms with Crippen LogP contribution in [0.2, 0.25) is 0 Å². The molecule has 0 saturated heterocycles. The Labute approximate surface area is 129 Å². The summed E-state index contributed by atoms with van der Waals surface area (Å²) >= 11 is 1.71. The van der Waals surface area contributed by atoms with Crippen LogP contribution in [0.4, 0.5) is 0 Å². The summed E-state index contributed by atoms with van der Waals surface area (Å²) in [4.78, 5) is 13.5. The maximum absolute atomic E-state index is 12.3. The predicted molar refractivity (Wildman–Crippen MR) is 86.9 cm³/mol. The summed E-state index contributed by atoms with van der Waals surface area (Å²) in [7, 11) is 0. The predicted octanol–water partition coefficient (Wildman–Crippen LogP) is 4.36. The highest BCUT2D eigenvalue weighted by Gasteiger charge is 2.42. The van der Waals surface area contributed by atoms with Gasteiger partial charge in [-0.2, -0.15) is 0 Å². The summed E-state index contributed by atoms with van der Waals surface area (Å²) < 4.78 is 12.2. The van der Waals surface area contributed by atoms with Gasteiger partial charge in [0, 0.05) is 22.1 Å². The van der Waals surface area contributed by atoms with Crippen molar-refractivity contribution in [2.45, 2.75) is 39.2 Å². The average molecular weight is 306 g/mol. The number of esters is 1. The van der Waals surface area contributed by atoms with Crippen molar-refractivity contribution in [1.29, 1.82) is 0 Å². The normalized spacial score (nSPS) is 15.6. The van der Waals surface area contributed by atoms with Crippen LogP contribution in [0.25, 0.3) is 10.1 Å². The molecule has 2 aromatic rings. The van der Waals surface area contributed by atoms with Crippen molar-refractivity contribution < 1.29 is 14.3 Å². The van der Waals surface area contributed by atoms with E-state index in [0.717, 1.165) is 4.88 Å². The van der Waals surface area contributed by atoms with Gasteiger partial charge in [-0.1, -0.05) is 25.1 Å². The molecule has 0 spiro atoms. The summed E-state index contributed by atoms with van der Waals surface area (Å²) in [6.45, 7) is 8.40. The Morgan fingerprint density at radius 3 is 2.62 bits per heavy atom. The van der Waals surface area contributed by atoms with Crippen molar-refractivity contribution in [2.24, 2.45) is 0 Å². The van der Waals surface area contributed by atoms with Crippen LogP contribution in [0.3, 0.4) is 0 Å². The SMILES string of the molecule is CCOC(=O)C(C)(OCC)C(C)c1cc2ccccc2s1. The number of thiophene rings is 1. The quantitative estimate of drug-likeness (QED) is 0.744. The number of carbonyl (C=O) groups is 1. The first-order valence-electron chi connectivity index (χ1n) is 7.32. The maximum atomic E-state index is 12.3. The topological polar surface area (TPSA) is 35.5 Å². The molecule has 1 aromatic carbocycles. The molecule has 0 saturated carbocycles. The Hall–Kier alpha value is -1.39. The second-order valence-corrected chi connectivity index (χ2v) is 6.28. The van der Waals surface area contributed by atoms with E-state index >= 15 is 0 Å². The summed E-state index contributed by atoms with van der Waals surface area (Å²) in [5, 5.41) is 1.20. The van der Waals surface area contributed by atoms with Crippen LogP contribution in [0.15, 0.2) is 30.3 Å². The fourth-order valence-electron chi connectivity index (χ4n) is 2.42. The van der Waals surface area contributed by atoms with Gasteiger partial charge in [0.2, 0.25) is 0 Å². The maximum Gasteiger partial charge on any atom is 0.338 e. The molecule has 0 aliphatic rings. The molecule has 0 amide bonds. The van der Waals surface area contributed by atoms with Crippen molar-refractivity contribution in [3.05, 3.63) is 35.2 Å². The standard InChI is InChI=1S/C17H22O3S/c1-5-19-16(18)17(4,20-6-2)12(3)15-11-13-9-7-8-10-14(13)21-15/h7-12H,5-6H2,1-4H3. The van der Waals surface area contributed by atoms with Crippen molar-refractivity contribution in [3.8, 4) is 0 Å². The molecule has 1 aromatic heterocycles. The van der Waals surface area contributed by atoms with E-state index in [9.17, 15) is 4.79 Å². The minimum Gasteiger partial charge on any atom is -0.464 e. The van der Waals surface area contributed by atoms with Crippen molar-refractivity contribution in [3.63, 3.8) is 0 Å². The van der Waals surface area contributed by atoms with Gasteiger partial charge in [-0.3, -0.25) is 0 Å². The van der Waals surface area contributed by atoms with Crippen LogP contribution in [-0.2, 0) is 14.3 Å². The Morgan fingerprint density at radius 2 is 2.00 bits per heavy atom. The van der Waals surface area contributed by atoms with Gasteiger partial charge in [0.25, 0.3) is 0 Å². The summed E-state index contributed by atoms with van der Waals surface area (Å²) in [6.07, 6.45) is 0. The molecule has 2 rings (SSSR count). The second kappa shape index (κ2) is 6.58. The smallest absolute Gasteiger partial charge is 0.338 e. The zero-order chi connectivity index (χ0) is 15.5. The van der Waals surface area contributed by atoms with E-state index in [2.05, 4.69) is 18.2 Å². The van der Waals surface area contributed by atoms with Crippen LogP contribution < -0.4 is 0 Å². The van der Waals surface area contributed by atoms with Crippen LogP contribution in [0, 0.1) is 0 Å². The monoisotopic (exact) mass is 306 g/mol. The number of fused-ring (bicyclic) bond motifs is 1. The fraction of sp³-hybridized carbons (Fsp3) is 0.471. The number of hydrogen-bond donors (Lipinski definition) is 0. The number of benzene rings is 1. The minimum atomic E-state index is -0.953. The van der Waals surface area contributed by atoms with Crippen LogP contribution in [-0.4, -0.2) is 24.8 Å². The third kappa shape index (κ3) is 3.11. The molecule has 0 aliphatic carbocycles. The van der Waals surface area contributed by atoms with Gasteiger partial charge in [-0.15, -0.1) is 11.3 Å². The number of rotatable bonds is 6. The lowest BCUT2D eigenvalue weighted by molar-refractivity contribution is -0.172. The first-order valence-corrected chi connectivity index (χ1v) is 8.14. The van der Waals surface area contributed by atoms with E-state index in [0.29, 0.717) is 13.2 Å². The van der Waals surface area contributed by atoms with Gasteiger partial charge < -0.3 is 9.47 Å². The Balaban J connectivity index is 2.37. The van der Waals surface area contributed by atoms with E-state index in [1.165, 1.54) is 10.1 Å². The molecule has 0 aliphatic heterocycles. The zero-order valence-electron chi connectivity index (χ0n) is 13.0. The van der Waals surface area contributed by atoms with Gasteiger partial charge in [0.1, 0.15) is 0 Å². The van der Waals surface area contributed by atoms with E-state index in [4.69, 9.17) is 9.47 Å². The second-order valence-electron chi connectivity index (χ2n) is 5.17. The fourth-order valence-corrected chi connectivity index (χ4v) is 3.66. The lowest BCUT2D eigenvalue weighted by Crippen LogP contribution is -2.44. The van der Waals surface area contributed by atoms with Gasteiger partial charge in [-0.05, 0) is 38.3 Å². The molecule has 2 atom stereocenters. The first-order chi connectivity index (χ1) is 10.0. The molecule has 2 unspecified atom stereocenters. The minimum absolute atomic E-state index is 0.0612. The summed E-state index contributed by atoms with van der Waals surface area (Å²) in [5.41, 5.74) is -0.953. The molecular weight excluding hydrogens is 284 g/mol. The van der Waals surface area contributed by atoms with Crippen LogP contribution >= 0.6 is 11.3 Å². The van der Waals surface area contributed by atoms with Crippen molar-refractivity contribution in [2.75, 3.05) is 13.2 Å². The molecule has 0 radical (unpaired) electrons. The number of carbonyl (C=O) groups excluding carboxylic acids is 1. The lowest BCUT2D eigenvalue weighted by atomic mass is 9.89. The highest BCUT2D eigenvalue weighted by atomic mass is 32.1. The third-order valence-electron chi connectivity index (χ3n) is 3.82. The molecule has 0 bridgehead atoms. The largest absolute Gasteiger partial charge is 0.464 e. The highest BCUT2D eigenvalue weighted by Crippen LogP contribution is 2.38. The molecule has 21 heavy (non-hydrogen) atoms. The van der Waals surface area contributed by atoms with E-state index < -0.39 is 5.60 Å². The summed E-state index contributed by atoms with van der Waals surface area (Å²) in [6, 6.07) is 10.4. The summed E-state index contributed by atoms with van der Waals surface area (Å²) in [5.74, 6) is -0.356. The van der Waals surface area contributed by atoms with Crippen LogP contribution in [0.1, 0.15) is 38.5 Å². The molecule has 0 fully saturated rings. The van der Waals surface area contributed by atoms with Gasteiger partial charge >= 0.3 is 5.97 Å². The zero-order valence-corrected chi connectivity index (χ0v) is 13.8. The highest BCUT2D eigenvalue weighted by molar-refractivity contribution is 7.19. The lowest BCUT2D eigenvalue weighted by Gasteiger charge is -2.32. The Bertz CT molecular complexity index is 586. The Morgan fingerprint density at radius 1 is 1.29 bits per heavy atom. The molecule has 114 valence electrons.